The summed E-state index contributed by atoms with van der Waals surface area (Å²) in [5, 5.41) is 1.20. The lowest BCUT2D eigenvalue weighted by Gasteiger charge is -2.26. The third kappa shape index (κ3) is 4.20. The molecule has 0 N–H and O–H groups in total. The van der Waals surface area contributed by atoms with Gasteiger partial charge in [0.25, 0.3) is 0 Å². The average Bonchev–Trinajstić information content (AvgIpc) is 3.42. The van der Waals surface area contributed by atoms with E-state index in [0.29, 0.717) is 11.8 Å². The van der Waals surface area contributed by atoms with Crippen LogP contribution in [0.15, 0.2) is 158 Å². The van der Waals surface area contributed by atoms with Crippen LogP contribution in [0.5, 0.6) is 0 Å². The predicted molar refractivity (Wildman–Crippen MR) is 187 cm³/mol. The number of aromatic nitrogens is 4. The summed E-state index contributed by atoms with van der Waals surface area (Å²) in [6, 6.07) is 46.8. The normalized spacial score (nSPS) is 14.9. The summed E-state index contributed by atoms with van der Waals surface area (Å²) in [6.45, 7) is 0. The molecule has 1 aliphatic carbocycles. The molecule has 1 unspecified atom stereocenters. The SMILES string of the molecule is C1=CCC(c2nc(-c3ccccc3)nc(N3c4ccccc4-c4c(n(-c5ccccc5)c5ccccc45)-c4ccccc43)n2)C=C1. The van der Waals surface area contributed by atoms with Crippen molar-refractivity contribution in [1.29, 1.82) is 0 Å². The van der Waals surface area contributed by atoms with Crippen LogP contribution in [-0.2, 0) is 0 Å². The molecule has 5 nitrogen and oxygen atoms in total. The van der Waals surface area contributed by atoms with Crippen molar-refractivity contribution in [3.8, 4) is 39.5 Å². The van der Waals surface area contributed by atoms with Gasteiger partial charge in [0.1, 0.15) is 5.82 Å². The van der Waals surface area contributed by atoms with Crippen molar-refractivity contribution in [2.24, 2.45) is 0 Å². The van der Waals surface area contributed by atoms with Gasteiger partial charge in [0.2, 0.25) is 5.95 Å². The Hall–Kier alpha value is -6.07. The van der Waals surface area contributed by atoms with Gasteiger partial charge >= 0.3 is 0 Å². The highest BCUT2D eigenvalue weighted by Crippen LogP contribution is 2.53. The third-order valence-electron chi connectivity index (χ3n) is 8.89. The van der Waals surface area contributed by atoms with Crippen molar-refractivity contribution < 1.29 is 0 Å². The van der Waals surface area contributed by atoms with E-state index in [1.807, 2.05) is 18.2 Å². The van der Waals surface area contributed by atoms with E-state index in [4.69, 9.17) is 15.0 Å². The van der Waals surface area contributed by atoms with Gasteiger partial charge in [-0.3, -0.25) is 4.90 Å². The molecule has 2 aromatic heterocycles. The van der Waals surface area contributed by atoms with Crippen molar-refractivity contribution in [1.82, 2.24) is 19.5 Å². The van der Waals surface area contributed by atoms with Crippen LogP contribution in [0.4, 0.5) is 17.3 Å². The van der Waals surface area contributed by atoms with Crippen molar-refractivity contribution in [3.63, 3.8) is 0 Å². The highest BCUT2D eigenvalue weighted by Gasteiger charge is 2.33. The van der Waals surface area contributed by atoms with Crippen LogP contribution < -0.4 is 4.90 Å². The highest BCUT2D eigenvalue weighted by molar-refractivity contribution is 6.12. The average molecular weight is 592 g/mol. The van der Waals surface area contributed by atoms with Gasteiger partial charge in [0, 0.05) is 39.2 Å². The molecular weight excluding hydrogens is 562 g/mol. The van der Waals surface area contributed by atoms with Crippen LogP contribution in [0.25, 0.3) is 50.4 Å². The van der Waals surface area contributed by atoms with Crippen LogP contribution in [0.2, 0.25) is 0 Å². The fourth-order valence-electron chi connectivity index (χ4n) is 6.84. The number of benzene rings is 5. The zero-order chi connectivity index (χ0) is 30.5. The van der Waals surface area contributed by atoms with Gasteiger partial charge in [0.05, 0.1) is 22.6 Å². The Labute approximate surface area is 267 Å². The molecular formula is C41H29N5. The first-order valence-corrected chi connectivity index (χ1v) is 15.7. The molecule has 0 saturated heterocycles. The molecule has 3 heterocycles. The molecule has 5 aromatic carbocycles. The molecule has 1 aliphatic heterocycles. The van der Waals surface area contributed by atoms with E-state index in [1.165, 1.54) is 16.5 Å². The van der Waals surface area contributed by atoms with E-state index in [9.17, 15) is 0 Å². The molecule has 0 fully saturated rings. The lowest BCUT2D eigenvalue weighted by molar-refractivity contribution is 0.760. The van der Waals surface area contributed by atoms with Gasteiger partial charge < -0.3 is 4.57 Å². The molecule has 0 bridgehead atoms. The molecule has 7 aromatic rings. The Morgan fingerprint density at radius 3 is 2.04 bits per heavy atom. The molecule has 2 aliphatic rings. The largest absolute Gasteiger partial charge is 0.309 e. The number of hydrogen-bond donors (Lipinski definition) is 0. The molecule has 218 valence electrons. The zero-order valence-corrected chi connectivity index (χ0v) is 25.0. The lowest BCUT2D eigenvalue weighted by atomic mass is 9.98. The van der Waals surface area contributed by atoms with Crippen molar-refractivity contribution in [3.05, 3.63) is 164 Å². The lowest BCUT2D eigenvalue weighted by Crippen LogP contribution is -2.17. The Morgan fingerprint density at radius 2 is 1.26 bits per heavy atom. The second-order valence-electron chi connectivity index (χ2n) is 11.6. The van der Waals surface area contributed by atoms with Crippen LogP contribution in [0.3, 0.4) is 0 Å². The Balaban J connectivity index is 1.37. The second kappa shape index (κ2) is 10.8. The van der Waals surface area contributed by atoms with Gasteiger partial charge in [-0.2, -0.15) is 9.97 Å². The van der Waals surface area contributed by atoms with Crippen molar-refractivity contribution in [2.45, 2.75) is 12.3 Å². The van der Waals surface area contributed by atoms with Gasteiger partial charge in [-0.1, -0.05) is 127 Å². The number of allylic oxidation sites excluding steroid dienone is 4. The quantitative estimate of drug-likeness (QED) is 0.204. The summed E-state index contributed by atoms with van der Waals surface area (Å²) >= 11 is 0. The second-order valence-corrected chi connectivity index (χ2v) is 11.6. The van der Waals surface area contributed by atoms with Crippen LogP contribution in [-0.4, -0.2) is 19.5 Å². The summed E-state index contributed by atoms with van der Waals surface area (Å²) in [5.41, 5.74) is 9.88. The molecule has 0 spiro atoms. The Kier molecular flexibility index (Phi) is 6.20. The smallest absolute Gasteiger partial charge is 0.238 e. The summed E-state index contributed by atoms with van der Waals surface area (Å²) in [5.74, 6) is 2.10. The molecule has 0 radical (unpaired) electrons. The van der Waals surface area contributed by atoms with E-state index in [2.05, 4.69) is 149 Å². The summed E-state index contributed by atoms with van der Waals surface area (Å²) in [6.07, 6.45) is 9.38. The van der Waals surface area contributed by atoms with E-state index in [-0.39, 0.29) is 5.92 Å². The van der Waals surface area contributed by atoms with Gasteiger partial charge in [-0.25, -0.2) is 4.98 Å². The maximum absolute atomic E-state index is 5.25. The maximum atomic E-state index is 5.25. The van der Waals surface area contributed by atoms with Gasteiger partial charge in [-0.05, 0) is 36.8 Å². The first-order chi connectivity index (χ1) is 22.8. The van der Waals surface area contributed by atoms with E-state index < -0.39 is 0 Å². The minimum Gasteiger partial charge on any atom is -0.309 e. The van der Waals surface area contributed by atoms with Crippen molar-refractivity contribution in [2.75, 3.05) is 4.90 Å². The zero-order valence-electron chi connectivity index (χ0n) is 25.0. The molecule has 1 atom stereocenters. The molecule has 46 heavy (non-hydrogen) atoms. The molecule has 0 saturated carbocycles. The Bertz CT molecular complexity index is 2300. The fraction of sp³-hybridized carbons (Fsp3) is 0.0488. The number of hydrogen-bond acceptors (Lipinski definition) is 4. The summed E-state index contributed by atoms with van der Waals surface area (Å²) in [4.78, 5) is 17.7. The van der Waals surface area contributed by atoms with E-state index in [0.717, 1.165) is 51.7 Å². The van der Waals surface area contributed by atoms with Crippen LogP contribution in [0, 0.1) is 0 Å². The van der Waals surface area contributed by atoms with Crippen LogP contribution >= 0.6 is 0 Å². The molecule has 0 amide bonds. The first kappa shape index (κ1) is 26.3. The maximum Gasteiger partial charge on any atom is 0.238 e. The fourth-order valence-corrected chi connectivity index (χ4v) is 6.84. The predicted octanol–water partition coefficient (Wildman–Crippen LogP) is 10.2. The number of rotatable bonds is 4. The first-order valence-electron chi connectivity index (χ1n) is 15.7. The van der Waals surface area contributed by atoms with E-state index >= 15 is 0 Å². The molecule has 5 heteroatoms. The summed E-state index contributed by atoms with van der Waals surface area (Å²) < 4.78 is 2.40. The Morgan fingerprint density at radius 1 is 0.587 bits per heavy atom. The van der Waals surface area contributed by atoms with Crippen molar-refractivity contribution >= 4 is 28.2 Å². The summed E-state index contributed by atoms with van der Waals surface area (Å²) in [7, 11) is 0. The number of fused-ring (bicyclic) bond motifs is 7. The standard InChI is InChI=1S/C41H29N5/c1-4-16-28(17-5-1)39-42-40(29-18-6-2-7-19-29)44-41(43-39)46-35-26-14-11-23-32(35)37-31-22-10-13-25-34(31)45(30-20-8-3-9-21-30)38(37)33-24-12-15-27-36(33)46/h1-18,20-27,29H,19H2. The third-order valence-corrected chi connectivity index (χ3v) is 8.89. The van der Waals surface area contributed by atoms with Gasteiger partial charge in [-0.15, -0.1) is 0 Å². The highest BCUT2D eigenvalue weighted by atomic mass is 15.3. The minimum atomic E-state index is 0.0651. The van der Waals surface area contributed by atoms with E-state index in [1.54, 1.807) is 0 Å². The number of para-hydroxylation sites is 4. The number of anilines is 3. The number of nitrogens with zero attached hydrogens (tertiary/aromatic N) is 5. The van der Waals surface area contributed by atoms with Crippen LogP contribution in [0.1, 0.15) is 18.2 Å². The monoisotopic (exact) mass is 591 g/mol. The topological polar surface area (TPSA) is 46.8 Å². The minimum absolute atomic E-state index is 0.0651. The van der Waals surface area contributed by atoms with Gasteiger partial charge in [0.15, 0.2) is 5.82 Å². The molecule has 9 rings (SSSR count).